The number of nitrogens with zero attached hydrogens (tertiary/aromatic N) is 2. The summed E-state index contributed by atoms with van der Waals surface area (Å²) in [6, 6.07) is 1.84. The van der Waals surface area contributed by atoms with Gasteiger partial charge in [-0.25, -0.2) is 0 Å². The molecule has 0 saturated carbocycles. The zero-order chi connectivity index (χ0) is 7.28. The first-order chi connectivity index (χ1) is 4.22. The monoisotopic (exact) mass is 124 g/mol. The van der Waals surface area contributed by atoms with E-state index >= 15 is 0 Å². The smallest absolute Gasteiger partial charge is 0.106 e. The molecule has 0 N–H and O–H groups in total. The van der Waals surface area contributed by atoms with Crippen LogP contribution in [-0.2, 0) is 4.84 Å². The van der Waals surface area contributed by atoms with Crippen LogP contribution < -0.4 is 0 Å². The molecule has 9 heavy (non-hydrogen) atoms. The molecular weight excluding hydrogens is 116 g/mol. The molecule has 0 aromatic rings. The molecule has 0 atom stereocenters. The van der Waals surface area contributed by atoms with Crippen LogP contribution in [0.1, 0.15) is 6.92 Å². The van der Waals surface area contributed by atoms with Crippen LogP contribution in [0, 0.1) is 11.3 Å². The minimum atomic E-state index is 0.330. The van der Waals surface area contributed by atoms with Crippen LogP contribution in [0.4, 0.5) is 0 Å². The third-order valence-electron chi connectivity index (χ3n) is 0.800. The van der Waals surface area contributed by atoms with E-state index in [-0.39, 0.29) is 0 Å². The number of oxime groups is 1. The second-order valence-electron chi connectivity index (χ2n) is 1.45. The van der Waals surface area contributed by atoms with Gasteiger partial charge in [0.15, 0.2) is 0 Å². The highest BCUT2D eigenvalue weighted by Crippen LogP contribution is 1.91. The van der Waals surface area contributed by atoms with Crippen molar-refractivity contribution in [2.75, 3.05) is 7.11 Å². The predicted molar refractivity (Wildman–Crippen MR) is 34.9 cm³/mol. The summed E-state index contributed by atoms with van der Waals surface area (Å²) in [7, 11) is 1.42. The first-order valence-electron chi connectivity index (χ1n) is 2.39. The molecule has 0 saturated heterocycles. The molecule has 0 aliphatic rings. The van der Waals surface area contributed by atoms with Crippen LogP contribution in [0.2, 0.25) is 0 Å². The normalized spacial score (nSPS) is 10.1. The van der Waals surface area contributed by atoms with Gasteiger partial charge in [-0.1, -0.05) is 11.7 Å². The van der Waals surface area contributed by atoms with Gasteiger partial charge in [0, 0.05) is 0 Å². The maximum absolute atomic E-state index is 8.25. The summed E-state index contributed by atoms with van der Waals surface area (Å²) in [5.41, 5.74) is 0.844. The van der Waals surface area contributed by atoms with Crippen LogP contribution in [-0.4, -0.2) is 12.8 Å². The van der Waals surface area contributed by atoms with Gasteiger partial charge in [0.2, 0.25) is 0 Å². The Hall–Kier alpha value is -1.30. The van der Waals surface area contributed by atoms with E-state index < -0.39 is 0 Å². The fourth-order valence-electron chi connectivity index (χ4n) is 0.273. The van der Waals surface area contributed by atoms with Crippen molar-refractivity contribution < 1.29 is 4.84 Å². The molecule has 3 heteroatoms. The highest BCUT2D eigenvalue weighted by Gasteiger charge is 1.94. The van der Waals surface area contributed by atoms with Gasteiger partial charge < -0.3 is 4.84 Å². The predicted octanol–water partition coefficient (Wildman–Crippen LogP) is 1.09. The number of nitriles is 1. The lowest BCUT2D eigenvalue weighted by molar-refractivity contribution is 0.213. The molecule has 0 aliphatic heterocycles. The highest BCUT2D eigenvalue weighted by molar-refractivity contribution is 6.00. The Morgan fingerprint density at radius 1 is 1.78 bits per heavy atom. The number of hydrogen-bond acceptors (Lipinski definition) is 3. The summed E-state index contributed by atoms with van der Waals surface area (Å²) in [5, 5.41) is 11.7. The second-order valence-corrected chi connectivity index (χ2v) is 1.45. The van der Waals surface area contributed by atoms with Gasteiger partial charge in [0.05, 0.1) is 11.3 Å². The molecule has 0 rings (SSSR count). The van der Waals surface area contributed by atoms with Crippen molar-refractivity contribution in [3.05, 3.63) is 12.2 Å². The summed E-state index contributed by atoms with van der Waals surface area (Å²) in [6.07, 6.45) is 0. The van der Waals surface area contributed by atoms with Crippen LogP contribution in [0.5, 0.6) is 0 Å². The maximum atomic E-state index is 8.25. The molecule has 0 amide bonds. The van der Waals surface area contributed by atoms with Crippen molar-refractivity contribution in [2.24, 2.45) is 5.16 Å². The van der Waals surface area contributed by atoms with E-state index in [2.05, 4.69) is 16.6 Å². The molecule has 0 aromatic carbocycles. The molecule has 0 heterocycles. The molecule has 0 aromatic heterocycles. The first-order valence-corrected chi connectivity index (χ1v) is 2.39. The van der Waals surface area contributed by atoms with E-state index in [1.54, 1.807) is 6.92 Å². The fourth-order valence-corrected chi connectivity index (χ4v) is 0.273. The largest absolute Gasteiger partial charge is 0.399 e. The Bertz CT molecular complexity index is 176. The number of hydrogen-bond donors (Lipinski definition) is 0. The summed E-state index contributed by atoms with van der Waals surface area (Å²) < 4.78 is 0. The molecule has 0 spiro atoms. The molecule has 48 valence electrons. The Morgan fingerprint density at radius 2 is 2.33 bits per heavy atom. The molecule has 0 fully saturated rings. The summed E-state index contributed by atoms with van der Waals surface area (Å²) in [6.45, 7) is 5.08. The van der Waals surface area contributed by atoms with E-state index in [1.807, 2.05) is 6.07 Å². The van der Waals surface area contributed by atoms with Gasteiger partial charge in [0.1, 0.15) is 13.2 Å². The molecular formula is C6H8N2O. The van der Waals surface area contributed by atoms with Crippen molar-refractivity contribution in [2.45, 2.75) is 6.92 Å². The van der Waals surface area contributed by atoms with Gasteiger partial charge in [-0.15, -0.1) is 0 Å². The van der Waals surface area contributed by atoms with Gasteiger partial charge in [-0.2, -0.15) is 5.26 Å². The maximum Gasteiger partial charge on any atom is 0.106 e. The van der Waals surface area contributed by atoms with Gasteiger partial charge >= 0.3 is 0 Å². The van der Waals surface area contributed by atoms with Crippen molar-refractivity contribution in [1.82, 2.24) is 0 Å². The minimum absolute atomic E-state index is 0.330. The molecule has 3 nitrogen and oxygen atoms in total. The highest BCUT2D eigenvalue weighted by atomic mass is 16.6. The van der Waals surface area contributed by atoms with E-state index in [4.69, 9.17) is 5.26 Å². The SMILES string of the molecule is C=C(C#N)/C(C)=N\OC. The molecule has 0 radical (unpaired) electrons. The third-order valence-corrected chi connectivity index (χ3v) is 0.800. The van der Waals surface area contributed by atoms with Gasteiger partial charge in [-0.05, 0) is 6.92 Å². The quantitative estimate of drug-likeness (QED) is 0.314. The molecule has 0 bridgehead atoms. The van der Waals surface area contributed by atoms with Gasteiger partial charge in [0.25, 0.3) is 0 Å². The Balaban J connectivity index is 4.07. The van der Waals surface area contributed by atoms with E-state index in [1.165, 1.54) is 7.11 Å². The summed E-state index contributed by atoms with van der Waals surface area (Å²) in [5.74, 6) is 0. The topological polar surface area (TPSA) is 45.4 Å². The zero-order valence-corrected chi connectivity index (χ0v) is 5.51. The van der Waals surface area contributed by atoms with Gasteiger partial charge in [-0.3, -0.25) is 0 Å². The number of rotatable bonds is 2. The van der Waals surface area contributed by atoms with Crippen LogP contribution in [0.25, 0.3) is 0 Å². The van der Waals surface area contributed by atoms with Crippen LogP contribution in [0.3, 0.4) is 0 Å². The Labute approximate surface area is 54.2 Å². The van der Waals surface area contributed by atoms with Crippen molar-refractivity contribution in [3.8, 4) is 6.07 Å². The second kappa shape index (κ2) is 3.67. The third kappa shape index (κ3) is 2.50. The van der Waals surface area contributed by atoms with E-state index in [9.17, 15) is 0 Å². The Morgan fingerprint density at radius 3 is 2.67 bits per heavy atom. The van der Waals surface area contributed by atoms with Crippen molar-refractivity contribution in [3.63, 3.8) is 0 Å². The average molecular weight is 124 g/mol. The standard InChI is InChI=1S/C6H8N2O/c1-5(4-7)6(2)8-9-3/h1H2,2-3H3/b8-6-. The molecule has 0 aliphatic carbocycles. The minimum Gasteiger partial charge on any atom is -0.399 e. The molecule has 0 unspecified atom stereocenters. The Kier molecular flexibility index (Phi) is 3.14. The lowest BCUT2D eigenvalue weighted by Crippen LogP contribution is -1.92. The van der Waals surface area contributed by atoms with Crippen LogP contribution >= 0.6 is 0 Å². The van der Waals surface area contributed by atoms with Crippen molar-refractivity contribution in [1.29, 1.82) is 5.26 Å². The lowest BCUT2D eigenvalue weighted by atomic mass is 10.2. The van der Waals surface area contributed by atoms with Crippen molar-refractivity contribution >= 4 is 5.71 Å². The van der Waals surface area contributed by atoms with E-state index in [0.29, 0.717) is 11.3 Å². The lowest BCUT2D eigenvalue weighted by Gasteiger charge is -1.91. The number of allylic oxidation sites excluding steroid dienone is 1. The average Bonchev–Trinajstić information content (AvgIpc) is 1.87. The summed E-state index contributed by atoms with van der Waals surface area (Å²) >= 11 is 0. The van der Waals surface area contributed by atoms with E-state index in [0.717, 1.165) is 0 Å². The summed E-state index contributed by atoms with van der Waals surface area (Å²) in [4.78, 5) is 4.40. The van der Waals surface area contributed by atoms with Crippen LogP contribution in [0.15, 0.2) is 17.3 Å². The fraction of sp³-hybridized carbons (Fsp3) is 0.333. The first kappa shape index (κ1) is 7.70. The zero-order valence-electron chi connectivity index (χ0n) is 5.51.